The van der Waals surface area contributed by atoms with E-state index in [1.54, 1.807) is 0 Å². The van der Waals surface area contributed by atoms with Crippen LogP contribution in [-0.4, -0.2) is 24.1 Å². The molecule has 3 N–H and O–H groups in total. The van der Waals surface area contributed by atoms with Gasteiger partial charge in [0.25, 0.3) is 0 Å². The third-order valence-corrected chi connectivity index (χ3v) is 5.46. The number of fused-ring (bicyclic) bond motifs is 1. The van der Waals surface area contributed by atoms with Crippen LogP contribution in [-0.2, 0) is 0 Å². The van der Waals surface area contributed by atoms with Crippen molar-refractivity contribution in [2.45, 2.75) is 24.9 Å². The maximum atomic E-state index is 9.00. The van der Waals surface area contributed by atoms with Crippen molar-refractivity contribution in [1.29, 1.82) is 5.26 Å². The Morgan fingerprint density at radius 3 is 2.62 bits per heavy atom. The monoisotopic (exact) mass is 383 g/mol. The van der Waals surface area contributed by atoms with Gasteiger partial charge < -0.3 is 16.0 Å². The minimum absolute atomic E-state index is 0.139. The summed E-state index contributed by atoms with van der Waals surface area (Å²) in [5.74, 6) is 1.22. The number of aromatic nitrogens is 1. The van der Waals surface area contributed by atoms with Gasteiger partial charge in [0.2, 0.25) is 0 Å². The fourth-order valence-electron chi connectivity index (χ4n) is 3.77. The van der Waals surface area contributed by atoms with E-state index in [4.69, 9.17) is 5.26 Å². The van der Waals surface area contributed by atoms with Crippen LogP contribution in [0.1, 0.15) is 35.6 Å². The Hall–Kier alpha value is -3.36. The number of hydrogen-bond donors (Lipinski definition) is 3. The van der Waals surface area contributed by atoms with Gasteiger partial charge in [0.05, 0.1) is 29.4 Å². The molecule has 0 unspecified atom stereocenters. The van der Waals surface area contributed by atoms with Crippen LogP contribution < -0.4 is 16.0 Å². The van der Waals surface area contributed by atoms with Gasteiger partial charge in [-0.3, -0.25) is 0 Å². The van der Waals surface area contributed by atoms with Crippen LogP contribution in [0.5, 0.6) is 0 Å². The molecule has 1 aliphatic heterocycles. The molecule has 3 aromatic rings. The summed E-state index contributed by atoms with van der Waals surface area (Å²) in [6, 6.07) is 24.9. The first-order chi connectivity index (χ1) is 14.2. The van der Waals surface area contributed by atoms with Crippen LogP contribution in [0, 0.1) is 11.3 Å². The van der Waals surface area contributed by atoms with Gasteiger partial charge in [0, 0.05) is 19.3 Å². The topological polar surface area (TPSA) is 72.8 Å². The van der Waals surface area contributed by atoms with Crippen LogP contribution in [0.4, 0.5) is 11.5 Å². The third kappa shape index (κ3) is 4.39. The average Bonchev–Trinajstić information content (AvgIpc) is 2.79. The number of hydrogen-bond acceptors (Lipinski definition) is 5. The molecule has 146 valence electrons. The molecule has 29 heavy (non-hydrogen) atoms. The van der Waals surface area contributed by atoms with Gasteiger partial charge in [0.1, 0.15) is 5.82 Å². The van der Waals surface area contributed by atoms with E-state index < -0.39 is 0 Å². The fraction of sp³-hybridized carbons (Fsp3) is 0.250. The van der Waals surface area contributed by atoms with Gasteiger partial charge in [0.15, 0.2) is 0 Å². The van der Waals surface area contributed by atoms with Crippen molar-refractivity contribution in [3.8, 4) is 6.07 Å². The van der Waals surface area contributed by atoms with Gasteiger partial charge in [-0.15, -0.1) is 0 Å². The summed E-state index contributed by atoms with van der Waals surface area (Å²) in [5.41, 5.74) is 4.21. The number of pyridine rings is 1. The molecule has 0 radical (unpaired) electrons. The summed E-state index contributed by atoms with van der Waals surface area (Å²) in [7, 11) is 0. The van der Waals surface area contributed by atoms with Crippen LogP contribution in [0.25, 0.3) is 0 Å². The smallest absolute Gasteiger partial charge is 0.149 e. The van der Waals surface area contributed by atoms with Gasteiger partial charge in [-0.1, -0.05) is 49.4 Å². The van der Waals surface area contributed by atoms with E-state index in [1.165, 1.54) is 11.1 Å². The summed E-state index contributed by atoms with van der Waals surface area (Å²) in [5, 5.41) is 19.9. The minimum atomic E-state index is 0.139. The molecule has 0 amide bonds. The van der Waals surface area contributed by atoms with Crippen molar-refractivity contribution < 1.29 is 0 Å². The third-order valence-electron chi connectivity index (χ3n) is 5.46. The SMILES string of the molecule is C[C@H](CN[C@H](c1ccccc1)[C@H]1CNc2cccnc2N1)c1ccc(C#N)cc1. The van der Waals surface area contributed by atoms with Crippen molar-refractivity contribution in [3.05, 3.63) is 89.6 Å². The molecule has 2 aromatic carbocycles. The van der Waals surface area contributed by atoms with E-state index >= 15 is 0 Å². The number of rotatable bonds is 6. The Kier molecular flexibility index (Phi) is 5.73. The zero-order valence-electron chi connectivity index (χ0n) is 16.5. The highest BCUT2D eigenvalue weighted by molar-refractivity contribution is 5.67. The molecule has 0 spiro atoms. The van der Waals surface area contributed by atoms with Crippen molar-refractivity contribution >= 4 is 11.5 Å². The number of anilines is 2. The van der Waals surface area contributed by atoms with Gasteiger partial charge in [-0.2, -0.15) is 5.26 Å². The first-order valence-electron chi connectivity index (χ1n) is 9.98. The van der Waals surface area contributed by atoms with Crippen molar-refractivity contribution in [3.63, 3.8) is 0 Å². The zero-order chi connectivity index (χ0) is 20.1. The maximum Gasteiger partial charge on any atom is 0.149 e. The standard InChI is InChI=1S/C24H25N5/c1-17(19-11-9-18(14-25)10-12-19)15-28-23(20-6-3-2-4-7-20)22-16-27-21-8-5-13-26-24(21)29-22/h2-13,17,22-23,27-28H,15-16H2,1H3,(H,26,29)/t17-,22-,23-/m1/s1. The quantitative estimate of drug-likeness (QED) is 0.592. The zero-order valence-corrected chi connectivity index (χ0v) is 16.5. The lowest BCUT2D eigenvalue weighted by molar-refractivity contribution is 0.453. The van der Waals surface area contributed by atoms with Gasteiger partial charge >= 0.3 is 0 Å². The second-order valence-electron chi connectivity index (χ2n) is 7.46. The predicted octanol–water partition coefficient (Wildman–Crippen LogP) is 4.29. The Morgan fingerprint density at radius 2 is 1.86 bits per heavy atom. The summed E-state index contributed by atoms with van der Waals surface area (Å²) < 4.78 is 0. The van der Waals surface area contributed by atoms with Crippen LogP contribution in [0.3, 0.4) is 0 Å². The lowest BCUT2D eigenvalue weighted by Crippen LogP contribution is -2.45. The fourth-order valence-corrected chi connectivity index (χ4v) is 3.77. The Bertz CT molecular complexity index is 978. The number of nitrogens with one attached hydrogen (secondary N) is 3. The molecule has 0 saturated heterocycles. The van der Waals surface area contributed by atoms with E-state index in [0.717, 1.165) is 24.6 Å². The Morgan fingerprint density at radius 1 is 1.07 bits per heavy atom. The van der Waals surface area contributed by atoms with Crippen LogP contribution in [0.15, 0.2) is 72.9 Å². The highest BCUT2D eigenvalue weighted by Crippen LogP contribution is 2.29. The van der Waals surface area contributed by atoms with E-state index in [1.807, 2.05) is 48.7 Å². The first kappa shape index (κ1) is 19.0. The highest BCUT2D eigenvalue weighted by Gasteiger charge is 2.27. The largest absolute Gasteiger partial charge is 0.380 e. The molecule has 0 bridgehead atoms. The number of benzene rings is 2. The Balaban J connectivity index is 1.50. The average molecular weight is 383 g/mol. The van der Waals surface area contributed by atoms with E-state index in [9.17, 15) is 0 Å². The molecule has 0 fully saturated rings. The maximum absolute atomic E-state index is 9.00. The summed E-state index contributed by atoms with van der Waals surface area (Å²) in [6.45, 7) is 3.86. The van der Waals surface area contributed by atoms with E-state index in [-0.39, 0.29) is 12.1 Å². The Labute approximate surface area is 171 Å². The second-order valence-corrected chi connectivity index (χ2v) is 7.46. The van der Waals surface area contributed by atoms with Gasteiger partial charge in [-0.05, 0) is 41.3 Å². The van der Waals surface area contributed by atoms with E-state index in [2.05, 4.69) is 58.2 Å². The summed E-state index contributed by atoms with van der Waals surface area (Å²) >= 11 is 0. The van der Waals surface area contributed by atoms with Crippen molar-refractivity contribution in [2.75, 3.05) is 23.7 Å². The summed E-state index contributed by atoms with van der Waals surface area (Å²) in [6.07, 6.45) is 1.81. The highest BCUT2D eigenvalue weighted by atomic mass is 15.2. The van der Waals surface area contributed by atoms with Crippen molar-refractivity contribution in [2.24, 2.45) is 0 Å². The molecule has 0 saturated carbocycles. The normalized spacial score (nSPS) is 17.2. The second kappa shape index (κ2) is 8.76. The summed E-state index contributed by atoms with van der Waals surface area (Å²) in [4.78, 5) is 4.48. The number of nitriles is 1. The molecular formula is C24H25N5. The molecule has 3 atom stereocenters. The van der Waals surface area contributed by atoms with Gasteiger partial charge in [-0.25, -0.2) is 4.98 Å². The molecule has 1 aromatic heterocycles. The molecule has 5 heteroatoms. The molecular weight excluding hydrogens is 358 g/mol. The predicted molar refractivity (Wildman–Crippen MR) is 117 cm³/mol. The molecule has 5 nitrogen and oxygen atoms in total. The minimum Gasteiger partial charge on any atom is -0.380 e. The first-order valence-corrected chi connectivity index (χ1v) is 9.98. The lowest BCUT2D eigenvalue weighted by Gasteiger charge is -2.35. The van der Waals surface area contributed by atoms with Crippen molar-refractivity contribution in [1.82, 2.24) is 10.3 Å². The molecule has 0 aliphatic carbocycles. The lowest BCUT2D eigenvalue weighted by atomic mass is 9.95. The van der Waals surface area contributed by atoms with Crippen LogP contribution >= 0.6 is 0 Å². The van der Waals surface area contributed by atoms with E-state index in [0.29, 0.717) is 11.5 Å². The molecule has 1 aliphatic rings. The molecule has 2 heterocycles. The molecule has 4 rings (SSSR count). The van der Waals surface area contributed by atoms with Crippen LogP contribution in [0.2, 0.25) is 0 Å². The number of nitrogens with zero attached hydrogens (tertiary/aromatic N) is 2.